The average molecular weight is 295 g/mol. The van der Waals surface area contributed by atoms with Gasteiger partial charge >= 0.3 is 0 Å². The fraction of sp³-hybridized carbons (Fsp3) is 0.429. The Morgan fingerprint density at radius 1 is 1.19 bits per heavy atom. The molecule has 0 aliphatic rings. The molecule has 2 unspecified atom stereocenters. The van der Waals surface area contributed by atoms with Gasteiger partial charge in [0.25, 0.3) is 5.91 Å². The Balaban J connectivity index is 2.68. The number of benzene rings is 1. The highest BCUT2D eigenvalue weighted by Gasteiger charge is 2.14. The van der Waals surface area contributed by atoms with Crippen LogP contribution in [0.4, 0.5) is 11.4 Å². The van der Waals surface area contributed by atoms with Crippen LogP contribution in [0.15, 0.2) is 24.3 Å². The zero-order valence-electron chi connectivity index (χ0n) is 12.4. The van der Waals surface area contributed by atoms with Crippen LogP contribution in [0.1, 0.15) is 6.92 Å². The molecule has 7 heteroatoms. The third kappa shape index (κ3) is 5.50. The first-order valence-electron chi connectivity index (χ1n) is 6.47. The fourth-order valence-electron chi connectivity index (χ4n) is 1.52. The Bertz CT molecular complexity index is 493. The van der Waals surface area contributed by atoms with E-state index in [1.54, 1.807) is 31.2 Å². The standard InChI is InChI=1S/C14H21N3O4/c1-9(21-3)13(18)16-10-5-4-6-11(7-10)17-14(19)12(15)8-20-2/h4-7,9,12H,8,15H2,1-3H3,(H,16,18)(H,17,19). The highest BCUT2D eigenvalue weighted by Crippen LogP contribution is 2.15. The molecule has 0 heterocycles. The van der Waals surface area contributed by atoms with Gasteiger partial charge in [-0.1, -0.05) is 6.07 Å². The van der Waals surface area contributed by atoms with E-state index in [0.29, 0.717) is 11.4 Å². The van der Waals surface area contributed by atoms with Crippen LogP contribution in [0.2, 0.25) is 0 Å². The summed E-state index contributed by atoms with van der Waals surface area (Å²) in [6.45, 7) is 1.78. The lowest BCUT2D eigenvalue weighted by Crippen LogP contribution is -2.39. The first-order chi connectivity index (χ1) is 9.97. The topological polar surface area (TPSA) is 103 Å². The normalized spacial score (nSPS) is 13.3. The Labute approximate surface area is 123 Å². The van der Waals surface area contributed by atoms with Gasteiger partial charge in [0.15, 0.2) is 0 Å². The van der Waals surface area contributed by atoms with E-state index in [1.165, 1.54) is 14.2 Å². The molecule has 0 aromatic heterocycles. The molecule has 0 fully saturated rings. The molecule has 0 saturated carbocycles. The van der Waals surface area contributed by atoms with E-state index in [9.17, 15) is 9.59 Å². The molecule has 0 radical (unpaired) electrons. The van der Waals surface area contributed by atoms with Gasteiger partial charge in [-0.15, -0.1) is 0 Å². The predicted octanol–water partition coefficient (Wildman–Crippen LogP) is 0.572. The minimum Gasteiger partial charge on any atom is -0.383 e. The van der Waals surface area contributed by atoms with Crippen LogP contribution in [0.5, 0.6) is 0 Å². The first-order valence-corrected chi connectivity index (χ1v) is 6.47. The van der Waals surface area contributed by atoms with Crippen LogP contribution >= 0.6 is 0 Å². The monoisotopic (exact) mass is 295 g/mol. The summed E-state index contributed by atoms with van der Waals surface area (Å²) in [6, 6.07) is 6.02. The molecule has 0 bridgehead atoms. The molecule has 4 N–H and O–H groups in total. The molecular weight excluding hydrogens is 274 g/mol. The number of carbonyl (C=O) groups is 2. The van der Waals surface area contributed by atoms with Crippen molar-refractivity contribution in [2.45, 2.75) is 19.1 Å². The van der Waals surface area contributed by atoms with Gasteiger partial charge in [0.2, 0.25) is 5.91 Å². The molecule has 1 aromatic carbocycles. The zero-order chi connectivity index (χ0) is 15.8. The second-order valence-electron chi connectivity index (χ2n) is 4.50. The summed E-state index contributed by atoms with van der Waals surface area (Å²) in [5.41, 5.74) is 6.72. The number of rotatable bonds is 7. The van der Waals surface area contributed by atoms with E-state index in [0.717, 1.165) is 0 Å². The van der Waals surface area contributed by atoms with Crippen LogP contribution in [-0.4, -0.2) is 44.8 Å². The van der Waals surface area contributed by atoms with Gasteiger partial charge in [-0.25, -0.2) is 0 Å². The van der Waals surface area contributed by atoms with Crippen LogP contribution < -0.4 is 16.4 Å². The summed E-state index contributed by atoms with van der Waals surface area (Å²) >= 11 is 0. The summed E-state index contributed by atoms with van der Waals surface area (Å²) in [4.78, 5) is 23.5. The summed E-state index contributed by atoms with van der Waals surface area (Å²) in [5.74, 6) is -0.623. The molecule has 116 valence electrons. The van der Waals surface area contributed by atoms with Gasteiger partial charge in [0.1, 0.15) is 12.1 Å². The number of hydrogen-bond donors (Lipinski definition) is 3. The maximum Gasteiger partial charge on any atom is 0.253 e. The maximum absolute atomic E-state index is 11.8. The van der Waals surface area contributed by atoms with Crippen LogP contribution in [0, 0.1) is 0 Å². The van der Waals surface area contributed by atoms with Crippen molar-refractivity contribution in [1.29, 1.82) is 0 Å². The lowest BCUT2D eigenvalue weighted by molar-refractivity contribution is -0.124. The largest absolute Gasteiger partial charge is 0.383 e. The fourth-order valence-corrected chi connectivity index (χ4v) is 1.52. The predicted molar refractivity (Wildman–Crippen MR) is 80.0 cm³/mol. The average Bonchev–Trinajstić information content (AvgIpc) is 2.46. The molecule has 0 saturated heterocycles. The van der Waals surface area contributed by atoms with Gasteiger partial charge in [-0.05, 0) is 25.1 Å². The second kappa shape index (κ2) is 8.35. The third-order valence-corrected chi connectivity index (χ3v) is 2.80. The van der Waals surface area contributed by atoms with E-state index in [4.69, 9.17) is 15.2 Å². The number of anilines is 2. The minimum atomic E-state index is -0.748. The van der Waals surface area contributed by atoms with Crippen molar-refractivity contribution >= 4 is 23.2 Å². The summed E-state index contributed by atoms with van der Waals surface area (Å²) in [7, 11) is 2.93. The molecule has 2 amide bonds. The van der Waals surface area contributed by atoms with Crippen molar-refractivity contribution in [2.24, 2.45) is 5.73 Å². The van der Waals surface area contributed by atoms with Gasteiger partial charge in [-0.3, -0.25) is 9.59 Å². The summed E-state index contributed by atoms with van der Waals surface area (Å²) < 4.78 is 9.75. The molecule has 2 atom stereocenters. The van der Waals surface area contributed by atoms with E-state index in [1.807, 2.05) is 0 Å². The Morgan fingerprint density at radius 3 is 2.29 bits per heavy atom. The molecule has 1 rings (SSSR count). The van der Waals surface area contributed by atoms with E-state index >= 15 is 0 Å². The number of methoxy groups -OCH3 is 2. The van der Waals surface area contributed by atoms with E-state index in [-0.39, 0.29) is 18.4 Å². The smallest absolute Gasteiger partial charge is 0.253 e. The maximum atomic E-state index is 11.8. The highest BCUT2D eigenvalue weighted by atomic mass is 16.5. The minimum absolute atomic E-state index is 0.133. The second-order valence-corrected chi connectivity index (χ2v) is 4.50. The van der Waals surface area contributed by atoms with Gasteiger partial charge < -0.3 is 25.8 Å². The van der Waals surface area contributed by atoms with Gasteiger partial charge in [0.05, 0.1) is 6.61 Å². The summed E-state index contributed by atoms with van der Waals surface area (Å²) in [5, 5.41) is 5.35. The number of carbonyl (C=O) groups excluding carboxylic acids is 2. The van der Waals surface area contributed by atoms with Crippen LogP contribution in [-0.2, 0) is 19.1 Å². The van der Waals surface area contributed by atoms with Crippen LogP contribution in [0.3, 0.4) is 0 Å². The van der Waals surface area contributed by atoms with Crippen molar-refractivity contribution in [3.05, 3.63) is 24.3 Å². The molecule has 1 aromatic rings. The first kappa shape index (κ1) is 17.1. The van der Waals surface area contributed by atoms with Crippen molar-refractivity contribution < 1.29 is 19.1 Å². The van der Waals surface area contributed by atoms with Crippen molar-refractivity contribution in [1.82, 2.24) is 0 Å². The Kier molecular flexibility index (Phi) is 6.80. The number of ether oxygens (including phenoxy) is 2. The molecule has 0 aliphatic heterocycles. The quantitative estimate of drug-likeness (QED) is 0.682. The van der Waals surface area contributed by atoms with Gasteiger partial charge in [0, 0.05) is 25.6 Å². The number of nitrogens with one attached hydrogen (secondary N) is 2. The molecule has 0 aliphatic carbocycles. The highest BCUT2D eigenvalue weighted by molar-refractivity contribution is 5.97. The number of amides is 2. The van der Waals surface area contributed by atoms with Crippen molar-refractivity contribution in [3.63, 3.8) is 0 Å². The van der Waals surface area contributed by atoms with Crippen LogP contribution in [0.25, 0.3) is 0 Å². The zero-order valence-corrected chi connectivity index (χ0v) is 12.4. The van der Waals surface area contributed by atoms with E-state index in [2.05, 4.69) is 10.6 Å². The number of nitrogens with two attached hydrogens (primary N) is 1. The lowest BCUT2D eigenvalue weighted by Gasteiger charge is -2.13. The van der Waals surface area contributed by atoms with Crippen molar-refractivity contribution in [2.75, 3.05) is 31.5 Å². The van der Waals surface area contributed by atoms with Crippen molar-refractivity contribution in [3.8, 4) is 0 Å². The number of hydrogen-bond acceptors (Lipinski definition) is 5. The molecular formula is C14H21N3O4. The molecule has 21 heavy (non-hydrogen) atoms. The Morgan fingerprint density at radius 2 is 1.76 bits per heavy atom. The SMILES string of the molecule is COCC(N)C(=O)Nc1cccc(NC(=O)C(C)OC)c1. The third-order valence-electron chi connectivity index (χ3n) is 2.80. The molecule has 0 spiro atoms. The van der Waals surface area contributed by atoms with Gasteiger partial charge in [-0.2, -0.15) is 0 Å². The lowest BCUT2D eigenvalue weighted by atomic mass is 10.2. The Hall–Kier alpha value is -1.96. The molecule has 7 nitrogen and oxygen atoms in total. The van der Waals surface area contributed by atoms with E-state index < -0.39 is 12.1 Å². The summed E-state index contributed by atoms with van der Waals surface area (Å²) in [6.07, 6.45) is -0.557.